The zero-order chi connectivity index (χ0) is 14.5. The molecule has 0 unspecified atom stereocenters. The summed E-state index contributed by atoms with van der Waals surface area (Å²) in [5, 5.41) is 14.0. The van der Waals surface area contributed by atoms with Crippen LogP contribution in [0.4, 0.5) is 11.5 Å². The minimum atomic E-state index is -0.545. The number of piperidine rings is 1. The van der Waals surface area contributed by atoms with Crippen molar-refractivity contribution in [2.45, 2.75) is 32.2 Å². The second-order valence-corrected chi connectivity index (χ2v) is 5.24. The zero-order valence-corrected chi connectivity index (χ0v) is 12.1. The van der Waals surface area contributed by atoms with E-state index in [0.717, 1.165) is 38.9 Å². The Hall–Kier alpha value is -1.47. The fraction of sp³-hybridized carbons (Fsp3) is 0.667. The van der Waals surface area contributed by atoms with Crippen molar-refractivity contribution in [2.75, 3.05) is 25.0 Å². The Balaban J connectivity index is 2.01. The number of nitro groups is 1. The quantitative estimate of drug-likeness (QED) is 0.510. The predicted octanol–water partition coefficient (Wildman–Crippen LogP) is 2.32. The van der Waals surface area contributed by atoms with Gasteiger partial charge < -0.3 is 10.2 Å². The minimum Gasteiger partial charge on any atom is -0.361 e. The average Bonchev–Trinajstić information content (AvgIpc) is 2.41. The Morgan fingerprint density at radius 3 is 2.80 bits per heavy atom. The molecule has 20 heavy (non-hydrogen) atoms. The molecule has 1 aromatic heterocycles. The molecule has 0 aromatic carbocycles. The molecule has 0 atom stereocenters. The van der Waals surface area contributed by atoms with Gasteiger partial charge in [-0.2, -0.15) is 0 Å². The Labute approximate surface area is 122 Å². The van der Waals surface area contributed by atoms with Gasteiger partial charge in [-0.05, 0) is 25.8 Å². The number of anilines is 1. The van der Waals surface area contributed by atoms with Crippen LogP contribution < -0.4 is 5.32 Å². The van der Waals surface area contributed by atoms with Gasteiger partial charge in [0.25, 0.3) is 0 Å². The molecule has 1 aromatic rings. The average molecular weight is 300 g/mol. The van der Waals surface area contributed by atoms with Crippen molar-refractivity contribution in [2.24, 2.45) is 0 Å². The number of likely N-dealkylation sites (tertiary alicyclic amines) is 1. The Morgan fingerprint density at radius 1 is 1.50 bits per heavy atom. The molecule has 0 aliphatic carbocycles. The number of nitrogens with zero attached hydrogens (tertiary/aromatic N) is 4. The monoisotopic (exact) mass is 299 g/mol. The standard InChI is InChI=1S/C12H18ClN5O2/c1-2-5-17-6-3-9(4-7-17)16-12-10(18(19)20)11(13)14-8-15-12/h8-9H,2-7H2,1H3,(H,14,15,16). The number of rotatable bonds is 5. The van der Waals surface area contributed by atoms with Crippen molar-refractivity contribution < 1.29 is 4.92 Å². The van der Waals surface area contributed by atoms with Crippen LogP contribution in [0.25, 0.3) is 0 Å². The smallest absolute Gasteiger partial charge is 0.348 e. The van der Waals surface area contributed by atoms with Gasteiger partial charge in [0.2, 0.25) is 11.0 Å². The highest BCUT2D eigenvalue weighted by molar-refractivity contribution is 6.31. The molecule has 1 N–H and O–H groups in total. The summed E-state index contributed by atoms with van der Waals surface area (Å²) in [6.45, 7) is 5.26. The van der Waals surface area contributed by atoms with Gasteiger partial charge in [0.15, 0.2) is 0 Å². The first-order chi connectivity index (χ1) is 9.61. The molecule has 110 valence electrons. The summed E-state index contributed by atoms with van der Waals surface area (Å²) in [5.41, 5.74) is -0.245. The second kappa shape index (κ2) is 6.81. The molecule has 1 fully saturated rings. The summed E-state index contributed by atoms with van der Waals surface area (Å²) in [4.78, 5) is 20.5. The SMILES string of the molecule is CCCN1CCC(Nc2ncnc(Cl)c2[N+](=O)[O-])CC1. The maximum absolute atomic E-state index is 11.0. The van der Waals surface area contributed by atoms with Gasteiger partial charge >= 0.3 is 5.69 Å². The Morgan fingerprint density at radius 2 is 2.20 bits per heavy atom. The van der Waals surface area contributed by atoms with E-state index in [1.807, 2.05) is 0 Å². The zero-order valence-electron chi connectivity index (χ0n) is 11.4. The summed E-state index contributed by atoms with van der Waals surface area (Å²) < 4.78 is 0. The highest BCUT2D eigenvalue weighted by atomic mass is 35.5. The van der Waals surface area contributed by atoms with E-state index in [1.165, 1.54) is 6.33 Å². The molecule has 7 nitrogen and oxygen atoms in total. The van der Waals surface area contributed by atoms with Crippen LogP contribution in [0, 0.1) is 10.1 Å². The highest BCUT2D eigenvalue weighted by Gasteiger charge is 2.25. The number of nitrogens with one attached hydrogen (secondary N) is 1. The fourth-order valence-corrected chi connectivity index (χ4v) is 2.64. The third-order valence-corrected chi connectivity index (χ3v) is 3.71. The summed E-state index contributed by atoms with van der Waals surface area (Å²) in [5.74, 6) is 0.212. The lowest BCUT2D eigenvalue weighted by molar-refractivity contribution is -0.384. The van der Waals surface area contributed by atoms with Gasteiger partial charge in [0.1, 0.15) is 6.33 Å². The molecule has 0 saturated carbocycles. The lowest BCUT2D eigenvalue weighted by Crippen LogP contribution is -2.39. The summed E-state index contributed by atoms with van der Waals surface area (Å²) in [7, 11) is 0. The van der Waals surface area contributed by atoms with Crippen molar-refractivity contribution in [3.63, 3.8) is 0 Å². The molecule has 1 saturated heterocycles. The normalized spacial score (nSPS) is 17.1. The molecule has 2 heterocycles. The number of hydrogen-bond acceptors (Lipinski definition) is 6. The van der Waals surface area contributed by atoms with Gasteiger partial charge in [0.05, 0.1) is 4.92 Å². The van der Waals surface area contributed by atoms with E-state index in [9.17, 15) is 10.1 Å². The lowest BCUT2D eigenvalue weighted by atomic mass is 10.0. The first-order valence-electron chi connectivity index (χ1n) is 6.75. The first kappa shape index (κ1) is 14.9. The van der Waals surface area contributed by atoms with E-state index < -0.39 is 4.92 Å². The fourth-order valence-electron chi connectivity index (χ4n) is 2.44. The molecule has 1 aliphatic heterocycles. The number of halogens is 1. The highest BCUT2D eigenvalue weighted by Crippen LogP contribution is 2.29. The number of hydrogen-bond donors (Lipinski definition) is 1. The minimum absolute atomic E-state index is 0.129. The first-order valence-corrected chi connectivity index (χ1v) is 7.13. The third kappa shape index (κ3) is 3.55. The maximum Gasteiger partial charge on any atom is 0.348 e. The van der Waals surface area contributed by atoms with Crippen LogP contribution in [0.15, 0.2) is 6.33 Å². The molecular formula is C12H18ClN5O2. The molecule has 0 spiro atoms. The van der Waals surface area contributed by atoms with Crippen LogP contribution in [0.1, 0.15) is 26.2 Å². The Bertz CT molecular complexity index is 477. The topological polar surface area (TPSA) is 84.2 Å². The molecule has 0 bridgehead atoms. The van der Waals surface area contributed by atoms with E-state index in [2.05, 4.69) is 27.1 Å². The third-order valence-electron chi connectivity index (χ3n) is 3.43. The van der Waals surface area contributed by atoms with Gasteiger partial charge in [-0.15, -0.1) is 0 Å². The molecule has 8 heteroatoms. The van der Waals surface area contributed by atoms with E-state index >= 15 is 0 Å². The summed E-state index contributed by atoms with van der Waals surface area (Å²) in [6, 6.07) is 0.188. The van der Waals surface area contributed by atoms with Crippen LogP contribution in [-0.4, -0.2) is 45.5 Å². The van der Waals surface area contributed by atoms with Gasteiger partial charge in [-0.3, -0.25) is 10.1 Å². The second-order valence-electron chi connectivity index (χ2n) is 4.88. The van der Waals surface area contributed by atoms with Gasteiger partial charge in [-0.25, -0.2) is 9.97 Å². The predicted molar refractivity (Wildman–Crippen MR) is 77.1 cm³/mol. The summed E-state index contributed by atoms with van der Waals surface area (Å²) in [6.07, 6.45) is 4.27. The van der Waals surface area contributed by atoms with Gasteiger partial charge in [0, 0.05) is 19.1 Å². The number of aromatic nitrogens is 2. The van der Waals surface area contributed by atoms with E-state index in [4.69, 9.17) is 11.6 Å². The van der Waals surface area contributed by atoms with E-state index in [-0.39, 0.29) is 22.7 Å². The van der Waals surface area contributed by atoms with Crippen molar-refractivity contribution in [3.05, 3.63) is 21.6 Å². The molecule has 2 rings (SSSR count). The van der Waals surface area contributed by atoms with Crippen molar-refractivity contribution in [3.8, 4) is 0 Å². The van der Waals surface area contributed by atoms with E-state index in [0.29, 0.717) is 0 Å². The molecule has 1 aliphatic rings. The van der Waals surface area contributed by atoms with E-state index in [1.54, 1.807) is 0 Å². The largest absolute Gasteiger partial charge is 0.361 e. The van der Waals surface area contributed by atoms with Crippen LogP contribution in [0.3, 0.4) is 0 Å². The van der Waals surface area contributed by atoms with Crippen LogP contribution in [0.5, 0.6) is 0 Å². The Kier molecular flexibility index (Phi) is 5.08. The molecule has 0 radical (unpaired) electrons. The van der Waals surface area contributed by atoms with Crippen LogP contribution >= 0.6 is 11.6 Å². The summed E-state index contributed by atoms with van der Waals surface area (Å²) >= 11 is 5.77. The van der Waals surface area contributed by atoms with Crippen molar-refractivity contribution in [1.82, 2.24) is 14.9 Å². The van der Waals surface area contributed by atoms with Crippen LogP contribution in [0.2, 0.25) is 5.15 Å². The molecular weight excluding hydrogens is 282 g/mol. The van der Waals surface area contributed by atoms with Crippen molar-refractivity contribution >= 4 is 23.1 Å². The molecule has 0 amide bonds. The maximum atomic E-state index is 11.0. The lowest BCUT2D eigenvalue weighted by Gasteiger charge is -2.32. The van der Waals surface area contributed by atoms with Crippen molar-refractivity contribution in [1.29, 1.82) is 0 Å². The van der Waals surface area contributed by atoms with Crippen LogP contribution in [-0.2, 0) is 0 Å². The van der Waals surface area contributed by atoms with Gasteiger partial charge in [-0.1, -0.05) is 18.5 Å².